The van der Waals surface area contributed by atoms with E-state index in [4.69, 9.17) is 10.3 Å². The van der Waals surface area contributed by atoms with Crippen molar-refractivity contribution in [3.63, 3.8) is 0 Å². The van der Waals surface area contributed by atoms with E-state index in [-0.39, 0.29) is 11.3 Å². The summed E-state index contributed by atoms with van der Waals surface area (Å²) in [5, 5.41) is 4.03. The van der Waals surface area contributed by atoms with E-state index in [1.54, 1.807) is 6.20 Å². The molecule has 1 aliphatic carbocycles. The second-order valence-electron chi connectivity index (χ2n) is 5.89. The molecule has 6 heteroatoms. The molecule has 0 spiro atoms. The van der Waals surface area contributed by atoms with Crippen molar-refractivity contribution in [2.45, 2.75) is 51.0 Å². The Morgan fingerprint density at radius 1 is 1.29 bits per heavy atom. The fourth-order valence-corrected chi connectivity index (χ4v) is 2.86. The van der Waals surface area contributed by atoms with Crippen LogP contribution in [0.5, 0.6) is 0 Å². The van der Waals surface area contributed by atoms with Crippen molar-refractivity contribution >= 4 is 0 Å². The Balaban J connectivity index is 1.94. The van der Waals surface area contributed by atoms with E-state index < -0.39 is 5.54 Å². The highest BCUT2D eigenvalue weighted by Crippen LogP contribution is 2.32. The maximum absolute atomic E-state index is 12.0. The molecule has 3 N–H and O–H groups in total. The van der Waals surface area contributed by atoms with Crippen LogP contribution in [0.3, 0.4) is 0 Å². The number of H-pyrrole nitrogens is 1. The Morgan fingerprint density at radius 3 is 2.67 bits per heavy atom. The monoisotopic (exact) mass is 288 g/mol. The molecule has 3 rings (SSSR count). The summed E-state index contributed by atoms with van der Waals surface area (Å²) in [6.45, 7) is 1.82. The van der Waals surface area contributed by atoms with Gasteiger partial charge in [-0.25, -0.2) is 0 Å². The average Bonchev–Trinajstić information content (AvgIpc) is 2.83. The van der Waals surface area contributed by atoms with Crippen LogP contribution in [-0.2, 0) is 5.54 Å². The van der Waals surface area contributed by atoms with Crippen LogP contribution in [0.1, 0.15) is 50.0 Å². The fraction of sp³-hybridized carbons (Fsp3) is 0.533. The summed E-state index contributed by atoms with van der Waals surface area (Å²) in [7, 11) is 0. The molecule has 0 aromatic carbocycles. The van der Waals surface area contributed by atoms with Crippen molar-refractivity contribution in [2.75, 3.05) is 0 Å². The summed E-state index contributed by atoms with van der Waals surface area (Å²) in [6, 6.07) is 1.52. The Bertz CT molecular complexity index is 681. The molecule has 0 atom stereocenters. The standard InChI is InChI=1S/C15H20N4O2/c1-10-8-12(20)11(9-17-10)13-18-14(19-21-13)15(16)6-4-2-3-5-7-15/h8-9H,2-7,16H2,1H3,(H,17,20). The highest BCUT2D eigenvalue weighted by molar-refractivity contribution is 5.51. The van der Waals surface area contributed by atoms with Gasteiger partial charge in [-0.05, 0) is 19.8 Å². The van der Waals surface area contributed by atoms with Crippen molar-refractivity contribution in [2.24, 2.45) is 5.73 Å². The molecular formula is C15H20N4O2. The third-order valence-electron chi connectivity index (χ3n) is 4.15. The first kappa shape index (κ1) is 14.0. The van der Waals surface area contributed by atoms with Crippen LogP contribution in [0.4, 0.5) is 0 Å². The summed E-state index contributed by atoms with van der Waals surface area (Å²) in [5.41, 5.74) is 6.98. The third-order valence-corrected chi connectivity index (χ3v) is 4.15. The van der Waals surface area contributed by atoms with Crippen LogP contribution >= 0.6 is 0 Å². The third kappa shape index (κ3) is 2.76. The van der Waals surface area contributed by atoms with Crippen molar-refractivity contribution in [3.8, 4) is 11.5 Å². The van der Waals surface area contributed by atoms with Crippen LogP contribution < -0.4 is 11.2 Å². The van der Waals surface area contributed by atoms with Gasteiger partial charge in [-0.3, -0.25) is 4.79 Å². The van der Waals surface area contributed by atoms with Gasteiger partial charge in [-0.1, -0.05) is 30.8 Å². The van der Waals surface area contributed by atoms with Gasteiger partial charge in [-0.15, -0.1) is 0 Å². The molecule has 2 heterocycles. The number of aromatic amines is 1. The minimum absolute atomic E-state index is 0.131. The van der Waals surface area contributed by atoms with Crippen molar-refractivity contribution in [1.82, 2.24) is 15.1 Å². The second kappa shape index (κ2) is 5.44. The lowest BCUT2D eigenvalue weighted by Gasteiger charge is -2.23. The van der Waals surface area contributed by atoms with E-state index in [1.807, 2.05) is 6.92 Å². The topological polar surface area (TPSA) is 97.8 Å². The van der Waals surface area contributed by atoms with Gasteiger partial charge in [0.15, 0.2) is 11.3 Å². The number of hydrogen-bond donors (Lipinski definition) is 2. The number of aryl methyl sites for hydroxylation is 1. The zero-order chi connectivity index (χ0) is 14.9. The molecule has 0 aliphatic heterocycles. The lowest BCUT2D eigenvalue weighted by molar-refractivity contribution is 0.334. The Kier molecular flexibility index (Phi) is 3.63. The summed E-state index contributed by atoms with van der Waals surface area (Å²) in [5.74, 6) is 0.750. The quantitative estimate of drug-likeness (QED) is 0.826. The first-order valence-electron chi connectivity index (χ1n) is 7.41. The second-order valence-corrected chi connectivity index (χ2v) is 5.89. The number of nitrogens with one attached hydrogen (secondary N) is 1. The molecule has 1 aliphatic rings. The fourth-order valence-electron chi connectivity index (χ4n) is 2.86. The van der Waals surface area contributed by atoms with Crippen LogP contribution in [0, 0.1) is 6.92 Å². The number of rotatable bonds is 2. The zero-order valence-electron chi connectivity index (χ0n) is 12.2. The normalized spacial score (nSPS) is 18.4. The SMILES string of the molecule is Cc1cc(=O)c(-c2nc(C3(N)CCCCCC3)no2)c[nH]1. The smallest absolute Gasteiger partial charge is 0.263 e. The first-order valence-corrected chi connectivity index (χ1v) is 7.41. The van der Waals surface area contributed by atoms with Gasteiger partial charge in [0.1, 0.15) is 5.56 Å². The average molecular weight is 288 g/mol. The summed E-state index contributed by atoms with van der Waals surface area (Å²) >= 11 is 0. The van der Waals surface area contributed by atoms with Crippen molar-refractivity contribution < 1.29 is 4.52 Å². The molecule has 0 unspecified atom stereocenters. The number of aromatic nitrogens is 3. The lowest BCUT2D eigenvalue weighted by atomic mass is 9.91. The van der Waals surface area contributed by atoms with Gasteiger partial charge in [0.2, 0.25) is 0 Å². The predicted molar refractivity (Wildman–Crippen MR) is 78.7 cm³/mol. The number of nitrogens with zero attached hydrogens (tertiary/aromatic N) is 2. The lowest BCUT2D eigenvalue weighted by Crippen LogP contribution is -2.37. The molecule has 2 aromatic rings. The molecule has 112 valence electrons. The molecule has 21 heavy (non-hydrogen) atoms. The van der Waals surface area contributed by atoms with E-state index in [0.717, 1.165) is 31.4 Å². The molecule has 0 amide bonds. The Labute approximate surface area is 122 Å². The highest BCUT2D eigenvalue weighted by Gasteiger charge is 2.33. The summed E-state index contributed by atoms with van der Waals surface area (Å²) in [4.78, 5) is 19.4. The number of hydrogen-bond acceptors (Lipinski definition) is 5. The van der Waals surface area contributed by atoms with Gasteiger partial charge in [-0.2, -0.15) is 4.98 Å². The maximum Gasteiger partial charge on any atom is 0.263 e. The Hall–Kier alpha value is -1.95. The van der Waals surface area contributed by atoms with Crippen LogP contribution in [0.15, 0.2) is 21.6 Å². The molecule has 2 aromatic heterocycles. The van der Waals surface area contributed by atoms with Gasteiger partial charge in [0.05, 0.1) is 5.54 Å². The number of nitrogens with two attached hydrogens (primary N) is 1. The van der Waals surface area contributed by atoms with E-state index >= 15 is 0 Å². The maximum atomic E-state index is 12.0. The highest BCUT2D eigenvalue weighted by atomic mass is 16.5. The molecular weight excluding hydrogens is 268 g/mol. The first-order chi connectivity index (χ1) is 10.1. The number of pyridine rings is 1. The van der Waals surface area contributed by atoms with Gasteiger partial charge >= 0.3 is 0 Å². The largest absolute Gasteiger partial charge is 0.364 e. The van der Waals surface area contributed by atoms with Crippen molar-refractivity contribution in [1.29, 1.82) is 0 Å². The summed E-state index contributed by atoms with van der Waals surface area (Å²) in [6.07, 6.45) is 7.86. The minimum Gasteiger partial charge on any atom is -0.364 e. The van der Waals surface area contributed by atoms with E-state index in [0.29, 0.717) is 11.4 Å². The minimum atomic E-state index is -0.532. The van der Waals surface area contributed by atoms with Crippen molar-refractivity contribution in [3.05, 3.63) is 34.0 Å². The molecule has 0 saturated heterocycles. The molecule has 6 nitrogen and oxygen atoms in total. The van der Waals surface area contributed by atoms with Crippen LogP contribution in [0.25, 0.3) is 11.5 Å². The van der Waals surface area contributed by atoms with E-state index in [2.05, 4.69) is 15.1 Å². The van der Waals surface area contributed by atoms with Crippen LogP contribution in [-0.4, -0.2) is 15.1 Å². The van der Waals surface area contributed by atoms with Gasteiger partial charge < -0.3 is 15.2 Å². The van der Waals surface area contributed by atoms with E-state index in [1.165, 1.54) is 18.9 Å². The summed E-state index contributed by atoms with van der Waals surface area (Å²) < 4.78 is 5.27. The van der Waals surface area contributed by atoms with Gasteiger partial charge in [0, 0.05) is 18.0 Å². The van der Waals surface area contributed by atoms with Crippen LogP contribution in [0.2, 0.25) is 0 Å². The van der Waals surface area contributed by atoms with E-state index in [9.17, 15) is 4.79 Å². The molecule has 1 fully saturated rings. The predicted octanol–water partition coefficient (Wildman–Crippen LogP) is 2.24. The molecule has 0 bridgehead atoms. The van der Waals surface area contributed by atoms with Gasteiger partial charge in [0.25, 0.3) is 5.89 Å². The molecule has 0 radical (unpaired) electrons. The molecule has 1 saturated carbocycles. The zero-order valence-corrected chi connectivity index (χ0v) is 12.2. The Morgan fingerprint density at radius 2 is 2.00 bits per heavy atom.